The molecule has 5 rings (SSSR count). The van der Waals surface area contributed by atoms with Crippen molar-refractivity contribution in [3.8, 4) is 17.2 Å². The van der Waals surface area contributed by atoms with Gasteiger partial charge in [0.1, 0.15) is 5.75 Å². The summed E-state index contributed by atoms with van der Waals surface area (Å²) in [5.41, 5.74) is 2.21. The Bertz CT molecular complexity index is 958. The number of tetrazole rings is 1. The Morgan fingerprint density at radius 2 is 2.04 bits per heavy atom. The number of nitrogens with zero attached hydrogens (tertiary/aromatic N) is 4. The highest BCUT2D eigenvalue weighted by Gasteiger charge is 2.31. The lowest BCUT2D eigenvalue weighted by atomic mass is 9.93. The monoisotopic (exact) mass is 351 g/mol. The normalized spacial score (nSPS) is 20.3. The highest BCUT2D eigenvalue weighted by Crippen LogP contribution is 2.41. The molecule has 8 heteroatoms. The number of methoxy groups -OCH3 is 1. The minimum Gasteiger partial charge on any atom is -0.497 e. The first kappa shape index (κ1) is 15.0. The Kier molecular flexibility index (Phi) is 3.41. The Morgan fingerprint density at radius 3 is 2.96 bits per heavy atom. The fourth-order valence-electron chi connectivity index (χ4n) is 3.51. The van der Waals surface area contributed by atoms with E-state index in [0.717, 1.165) is 34.8 Å². The van der Waals surface area contributed by atoms with E-state index in [4.69, 9.17) is 14.2 Å². The molecule has 0 spiro atoms. The average molecular weight is 351 g/mol. The van der Waals surface area contributed by atoms with Gasteiger partial charge in [-0.25, -0.2) is 4.68 Å². The van der Waals surface area contributed by atoms with E-state index in [1.807, 2.05) is 41.1 Å². The maximum Gasteiger partial charge on any atom is 0.243 e. The van der Waals surface area contributed by atoms with Crippen molar-refractivity contribution < 1.29 is 14.2 Å². The second kappa shape index (κ2) is 5.91. The van der Waals surface area contributed by atoms with Gasteiger partial charge in [-0.15, -0.1) is 0 Å². The fraction of sp³-hybridized carbons (Fsp3) is 0.278. The number of rotatable bonds is 3. The Balaban J connectivity index is 1.52. The number of ether oxygens (including phenoxy) is 3. The molecule has 0 fully saturated rings. The number of anilines is 1. The molecule has 0 unspecified atom stereocenters. The number of aromatic nitrogens is 4. The molecule has 2 atom stereocenters. The van der Waals surface area contributed by atoms with E-state index in [2.05, 4.69) is 26.9 Å². The van der Waals surface area contributed by atoms with Crippen LogP contribution in [0, 0.1) is 0 Å². The highest BCUT2D eigenvalue weighted by molar-refractivity contribution is 5.47. The van der Waals surface area contributed by atoms with Crippen molar-refractivity contribution in [3.63, 3.8) is 0 Å². The highest BCUT2D eigenvalue weighted by atomic mass is 16.7. The van der Waals surface area contributed by atoms with Gasteiger partial charge in [0, 0.05) is 0 Å². The van der Waals surface area contributed by atoms with Crippen LogP contribution in [0.25, 0.3) is 0 Å². The summed E-state index contributed by atoms with van der Waals surface area (Å²) in [6, 6.07) is 14.1. The van der Waals surface area contributed by atoms with Gasteiger partial charge in [-0.3, -0.25) is 0 Å². The molecule has 2 aromatic carbocycles. The Morgan fingerprint density at radius 1 is 1.12 bits per heavy atom. The van der Waals surface area contributed by atoms with E-state index in [0.29, 0.717) is 5.95 Å². The van der Waals surface area contributed by atoms with Gasteiger partial charge in [0.25, 0.3) is 0 Å². The SMILES string of the molecule is COc1cccc([C@H]2C[C@H](c3ccc4c(c3)OCO4)Nc3nnnn32)c1. The van der Waals surface area contributed by atoms with E-state index in [1.54, 1.807) is 7.11 Å². The molecule has 0 saturated carbocycles. The van der Waals surface area contributed by atoms with Crippen molar-refractivity contribution in [2.24, 2.45) is 0 Å². The van der Waals surface area contributed by atoms with E-state index < -0.39 is 0 Å². The molecule has 3 aromatic rings. The van der Waals surface area contributed by atoms with Gasteiger partial charge in [0.05, 0.1) is 19.2 Å². The summed E-state index contributed by atoms with van der Waals surface area (Å²) >= 11 is 0. The van der Waals surface area contributed by atoms with Gasteiger partial charge in [0.15, 0.2) is 11.5 Å². The first-order chi connectivity index (χ1) is 12.8. The van der Waals surface area contributed by atoms with Crippen LogP contribution in [0.5, 0.6) is 17.2 Å². The fourth-order valence-corrected chi connectivity index (χ4v) is 3.51. The van der Waals surface area contributed by atoms with Crippen molar-refractivity contribution in [2.45, 2.75) is 18.5 Å². The minimum atomic E-state index is 0.00627. The summed E-state index contributed by atoms with van der Waals surface area (Å²) in [5.74, 6) is 3.01. The predicted molar refractivity (Wildman–Crippen MR) is 92.5 cm³/mol. The van der Waals surface area contributed by atoms with Crippen LogP contribution >= 0.6 is 0 Å². The first-order valence-corrected chi connectivity index (χ1v) is 8.40. The Labute approximate surface area is 149 Å². The van der Waals surface area contributed by atoms with Crippen molar-refractivity contribution in [1.29, 1.82) is 0 Å². The average Bonchev–Trinajstić information content (AvgIpc) is 3.35. The van der Waals surface area contributed by atoms with Crippen molar-refractivity contribution in [1.82, 2.24) is 20.2 Å². The van der Waals surface area contributed by atoms with Crippen LogP contribution in [0.3, 0.4) is 0 Å². The molecule has 2 aliphatic heterocycles. The smallest absolute Gasteiger partial charge is 0.243 e. The van der Waals surface area contributed by atoms with Crippen LogP contribution in [-0.4, -0.2) is 34.1 Å². The van der Waals surface area contributed by atoms with Crippen molar-refractivity contribution in [3.05, 3.63) is 53.6 Å². The van der Waals surface area contributed by atoms with Gasteiger partial charge < -0.3 is 19.5 Å². The number of hydrogen-bond donors (Lipinski definition) is 1. The summed E-state index contributed by atoms with van der Waals surface area (Å²) in [6.07, 6.45) is 0.796. The summed E-state index contributed by atoms with van der Waals surface area (Å²) in [5, 5.41) is 15.5. The standard InChI is InChI=1S/C18H17N5O3/c1-24-13-4-2-3-12(7-13)15-9-14(19-18-20-21-22-23(15)18)11-5-6-16-17(8-11)26-10-25-16/h2-8,14-15H,9-10H2,1H3,(H,19,20,22)/t14-,15-/m1/s1. The zero-order chi connectivity index (χ0) is 17.5. The molecule has 0 bridgehead atoms. The van der Waals surface area contributed by atoms with Crippen LogP contribution < -0.4 is 19.5 Å². The maximum atomic E-state index is 5.51. The molecule has 26 heavy (non-hydrogen) atoms. The van der Waals surface area contributed by atoms with E-state index in [1.165, 1.54) is 0 Å². The quantitative estimate of drug-likeness (QED) is 0.776. The zero-order valence-corrected chi connectivity index (χ0v) is 14.1. The molecule has 8 nitrogen and oxygen atoms in total. The largest absolute Gasteiger partial charge is 0.497 e. The van der Waals surface area contributed by atoms with E-state index >= 15 is 0 Å². The molecule has 0 radical (unpaired) electrons. The van der Waals surface area contributed by atoms with Crippen LogP contribution in [-0.2, 0) is 0 Å². The van der Waals surface area contributed by atoms with E-state index in [9.17, 15) is 0 Å². The molecule has 2 aliphatic rings. The summed E-state index contributed by atoms with van der Waals surface area (Å²) in [4.78, 5) is 0. The molecular formula is C18H17N5O3. The topological polar surface area (TPSA) is 83.3 Å². The third-order valence-electron chi connectivity index (χ3n) is 4.83. The van der Waals surface area contributed by atoms with Gasteiger partial charge >= 0.3 is 0 Å². The lowest BCUT2D eigenvalue weighted by Gasteiger charge is -2.31. The van der Waals surface area contributed by atoms with Crippen LogP contribution in [0.2, 0.25) is 0 Å². The number of fused-ring (bicyclic) bond motifs is 2. The molecule has 132 valence electrons. The summed E-state index contributed by atoms with van der Waals surface area (Å²) < 4.78 is 18.1. The molecule has 0 saturated heterocycles. The third-order valence-corrected chi connectivity index (χ3v) is 4.83. The van der Waals surface area contributed by atoms with Gasteiger partial charge in [0.2, 0.25) is 12.7 Å². The minimum absolute atomic E-state index is 0.00627. The third kappa shape index (κ3) is 2.42. The lowest BCUT2D eigenvalue weighted by molar-refractivity contribution is 0.174. The molecule has 3 heterocycles. The van der Waals surface area contributed by atoms with Gasteiger partial charge in [-0.05, 0) is 52.2 Å². The molecule has 0 amide bonds. The summed E-state index contributed by atoms with van der Waals surface area (Å²) in [7, 11) is 1.67. The Hall–Kier alpha value is -3.29. The molecule has 1 aromatic heterocycles. The molecule has 0 aliphatic carbocycles. The second-order valence-corrected chi connectivity index (χ2v) is 6.28. The van der Waals surface area contributed by atoms with Crippen molar-refractivity contribution >= 4 is 5.95 Å². The number of benzene rings is 2. The molecular weight excluding hydrogens is 334 g/mol. The van der Waals surface area contributed by atoms with Gasteiger partial charge in [-0.1, -0.05) is 23.3 Å². The molecule has 1 N–H and O–H groups in total. The predicted octanol–water partition coefficient (Wildman–Crippen LogP) is 2.56. The zero-order valence-electron chi connectivity index (χ0n) is 14.1. The lowest BCUT2D eigenvalue weighted by Crippen LogP contribution is -2.28. The van der Waals surface area contributed by atoms with E-state index in [-0.39, 0.29) is 18.9 Å². The number of nitrogens with one attached hydrogen (secondary N) is 1. The van der Waals surface area contributed by atoms with Crippen LogP contribution in [0.1, 0.15) is 29.6 Å². The number of hydrogen-bond acceptors (Lipinski definition) is 7. The first-order valence-electron chi connectivity index (χ1n) is 8.40. The van der Waals surface area contributed by atoms with Crippen LogP contribution in [0.15, 0.2) is 42.5 Å². The maximum absolute atomic E-state index is 5.51. The van der Waals surface area contributed by atoms with Crippen molar-refractivity contribution in [2.75, 3.05) is 19.2 Å². The second-order valence-electron chi connectivity index (χ2n) is 6.28. The van der Waals surface area contributed by atoms with Crippen LogP contribution in [0.4, 0.5) is 5.95 Å². The summed E-state index contributed by atoms with van der Waals surface area (Å²) in [6.45, 7) is 0.265. The van der Waals surface area contributed by atoms with Gasteiger partial charge in [-0.2, -0.15) is 0 Å².